The highest BCUT2D eigenvalue weighted by Crippen LogP contribution is 2.37. The first-order valence-electron chi connectivity index (χ1n) is 13.9. The highest BCUT2D eigenvalue weighted by molar-refractivity contribution is 6.09. The highest BCUT2D eigenvalue weighted by Gasteiger charge is 2.17. The second-order valence-corrected chi connectivity index (χ2v) is 10.1. The Hall–Kier alpha value is -5.29. The molecule has 0 unspecified atom stereocenters. The van der Waals surface area contributed by atoms with Gasteiger partial charge in [-0.25, -0.2) is 9.97 Å². The van der Waals surface area contributed by atoms with Gasteiger partial charge in [0.05, 0.1) is 28.1 Å². The molecule has 7 aromatic rings. The van der Waals surface area contributed by atoms with Crippen LogP contribution in [0.15, 0.2) is 126 Å². The quantitative estimate of drug-likeness (QED) is 0.193. The van der Waals surface area contributed by atoms with Crippen molar-refractivity contribution in [2.45, 2.75) is 13.3 Å². The van der Waals surface area contributed by atoms with Crippen LogP contribution in [-0.2, 0) is 0 Å². The Morgan fingerprint density at radius 3 is 2.39 bits per heavy atom. The lowest BCUT2D eigenvalue weighted by Crippen LogP contribution is -2.17. The van der Waals surface area contributed by atoms with E-state index in [0.717, 1.165) is 80.0 Å². The molecular weight excluding hydrogens is 502 g/mol. The summed E-state index contributed by atoms with van der Waals surface area (Å²) in [4.78, 5) is 16.8. The van der Waals surface area contributed by atoms with Gasteiger partial charge in [-0.15, -0.1) is 0 Å². The minimum atomic E-state index is 0.878. The monoisotopic (exact) mass is 531 g/mol. The average Bonchev–Trinajstić information content (AvgIpc) is 3.43. The first-order valence-corrected chi connectivity index (χ1v) is 13.9. The van der Waals surface area contributed by atoms with Gasteiger partial charge in [-0.2, -0.15) is 0 Å². The maximum absolute atomic E-state index is 5.17. The highest BCUT2D eigenvalue weighted by atomic mass is 15.1. The van der Waals surface area contributed by atoms with Crippen LogP contribution in [0.3, 0.4) is 0 Å². The zero-order valence-corrected chi connectivity index (χ0v) is 22.9. The number of aromatic nitrogens is 3. The lowest BCUT2D eigenvalue weighted by Gasteiger charge is -2.26. The third-order valence-electron chi connectivity index (χ3n) is 7.56. The third kappa shape index (κ3) is 4.32. The lowest BCUT2D eigenvalue weighted by atomic mass is 9.99. The largest absolute Gasteiger partial charge is 0.340 e. The van der Waals surface area contributed by atoms with Crippen LogP contribution in [0.25, 0.3) is 50.0 Å². The Bertz CT molecular complexity index is 2060. The predicted octanol–water partition coefficient (Wildman–Crippen LogP) is 9.25. The first-order chi connectivity index (χ1) is 20.2. The number of nitrogens with zero attached hydrogens (tertiary/aromatic N) is 5. The molecular formula is C36H29N5. The van der Waals surface area contributed by atoms with Crippen molar-refractivity contribution in [1.82, 2.24) is 14.4 Å². The maximum atomic E-state index is 5.17. The van der Waals surface area contributed by atoms with Crippen LogP contribution >= 0.6 is 0 Å². The fraction of sp³-hybridized carbons (Fsp3) is 0.0833. The van der Waals surface area contributed by atoms with Crippen molar-refractivity contribution in [3.63, 3.8) is 0 Å². The van der Waals surface area contributed by atoms with Gasteiger partial charge >= 0.3 is 0 Å². The number of hydrogen-bond acceptors (Lipinski definition) is 4. The second-order valence-electron chi connectivity index (χ2n) is 10.1. The number of pyridine rings is 2. The molecule has 0 spiro atoms. The number of benzene rings is 4. The Morgan fingerprint density at radius 1 is 0.756 bits per heavy atom. The van der Waals surface area contributed by atoms with Crippen LogP contribution < -0.4 is 4.90 Å². The average molecular weight is 532 g/mol. The summed E-state index contributed by atoms with van der Waals surface area (Å²) in [6.07, 6.45) is 3.07. The van der Waals surface area contributed by atoms with Gasteiger partial charge in [0, 0.05) is 29.4 Å². The molecule has 0 aliphatic rings. The van der Waals surface area contributed by atoms with Gasteiger partial charge in [0.15, 0.2) is 0 Å². The van der Waals surface area contributed by atoms with Crippen LogP contribution in [0.4, 0.5) is 17.1 Å². The van der Waals surface area contributed by atoms with E-state index in [4.69, 9.17) is 9.97 Å². The fourth-order valence-corrected chi connectivity index (χ4v) is 5.69. The lowest BCUT2D eigenvalue weighted by molar-refractivity contribution is 0.886. The Morgan fingerprint density at radius 2 is 1.51 bits per heavy atom. The molecule has 0 N–H and O–H groups in total. The van der Waals surface area contributed by atoms with E-state index < -0.39 is 0 Å². The molecule has 0 aliphatic heterocycles. The minimum Gasteiger partial charge on any atom is -0.340 e. The normalized spacial score (nSPS) is 11.3. The number of rotatable bonds is 7. The van der Waals surface area contributed by atoms with Crippen LogP contribution in [0.1, 0.15) is 13.3 Å². The van der Waals surface area contributed by atoms with Gasteiger partial charge in [0.1, 0.15) is 11.2 Å². The van der Waals surface area contributed by atoms with Crippen molar-refractivity contribution in [2.75, 3.05) is 11.4 Å². The predicted molar refractivity (Wildman–Crippen MR) is 172 cm³/mol. The molecule has 0 radical (unpaired) electrons. The van der Waals surface area contributed by atoms with Crippen molar-refractivity contribution < 1.29 is 0 Å². The van der Waals surface area contributed by atoms with Gasteiger partial charge in [0.25, 0.3) is 0 Å². The molecule has 198 valence electrons. The molecule has 0 saturated carbocycles. The Kier molecular flexibility index (Phi) is 6.25. The molecule has 0 amide bonds. The van der Waals surface area contributed by atoms with Crippen molar-refractivity contribution in [2.24, 2.45) is 4.99 Å². The minimum absolute atomic E-state index is 0.878. The van der Waals surface area contributed by atoms with Crippen molar-refractivity contribution in [3.05, 3.63) is 121 Å². The Balaban J connectivity index is 1.38. The second kappa shape index (κ2) is 10.4. The van der Waals surface area contributed by atoms with Crippen LogP contribution in [0, 0.1) is 0 Å². The number of para-hydroxylation sites is 3. The molecule has 0 atom stereocenters. The molecule has 0 fully saturated rings. The summed E-state index contributed by atoms with van der Waals surface area (Å²) in [5.74, 6) is 0. The summed E-state index contributed by atoms with van der Waals surface area (Å²) in [5.41, 5.74) is 11.2. The van der Waals surface area contributed by atoms with Crippen LogP contribution in [0.2, 0.25) is 0 Å². The molecule has 5 heteroatoms. The zero-order valence-electron chi connectivity index (χ0n) is 22.9. The van der Waals surface area contributed by atoms with E-state index in [1.165, 1.54) is 0 Å². The van der Waals surface area contributed by atoms with Crippen molar-refractivity contribution >= 4 is 51.4 Å². The van der Waals surface area contributed by atoms with E-state index in [1.807, 2.05) is 42.5 Å². The number of aliphatic imine (C=N–C) groups is 1. The summed E-state index contributed by atoms with van der Waals surface area (Å²) < 4.78 is 2.14. The number of hydrogen-bond donors (Lipinski definition) is 0. The first kappa shape index (κ1) is 24.7. The van der Waals surface area contributed by atoms with E-state index in [9.17, 15) is 0 Å². The molecule has 7 rings (SSSR count). The number of fused-ring (bicyclic) bond motifs is 5. The SMILES string of the molecule is C=Nc1ccccc1N(CCC)c1cccc(-c2cccc(-c3nc4ccccc4c4nc5ccccn5c34)c2)c1. The summed E-state index contributed by atoms with van der Waals surface area (Å²) in [5, 5.41) is 1.06. The van der Waals surface area contributed by atoms with E-state index in [-0.39, 0.29) is 0 Å². The summed E-state index contributed by atoms with van der Waals surface area (Å²) in [7, 11) is 0. The van der Waals surface area contributed by atoms with Gasteiger partial charge < -0.3 is 4.90 Å². The third-order valence-corrected chi connectivity index (χ3v) is 7.56. The molecule has 3 heterocycles. The molecule has 3 aromatic heterocycles. The topological polar surface area (TPSA) is 45.8 Å². The summed E-state index contributed by atoms with van der Waals surface area (Å²) in [6, 6.07) is 39.9. The number of imidazole rings is 1. The van der Waals surface area contributed by atoms with E-state index >= 15 is 0 Å². The van der Waals surface area contributed by atoms with Gasteiger partial charge in [0.2, 0.25) is 0 Å². The number of anilines is 2. The summed E-state index contributed by atoms with van der Waals surface area (Å²) >= 11 is 0. The van der Waals surface area contributed by atoms with Gasteiger partial charge in [-0.1, -0.05) is 73.7 Å². The van der Waals surface area contributed by atoms with Gasteiger partial charge in [-0.05, 0) is 72.8 Å². The Labute approximate surface area is 239 Å². The maximum Gasteiger partial charge on any atom is 0.137 e. The molecule has 0 aliphatic carbocycles. The van der Waals surface area contributed by atoms with Crippen LogP contribution in [-0.4, -0.2) is 27.6 Å². The molecule has 0 bridgehead atoms. The van der Waals surface area contributed by atoms with Gasteiger partial charge in [-0.3, -0.25) is 9.39 Å². The van der Waals surface area contributed by atoms with Crippen molar-refractivity contribution in [1.29, 1.82) is 0 Å². The molecule has 4 aromatic carbocycles. The standard InChI is InChI=1S/C36H29N5/c1-3-21-40(32-19-7-6-18-31(32)37-2)28-15-11-13-26(24-28)25-12-10-14-27(23-25)34-36-35(29-16-4-5-17-30(29)38-34)39-33-20-8-9-22-41(33)36/h4-20,22-24H,2-3,21H2,1H3. The smallest absolute Gasteiger partial charge is 0.137 e. The van der Waals surface area contributed by atoms with E-state index in [2.05, 4.69) is 107 Å². The van der Waals surface area contributed by atoms with E-state index in [1.54, 1.807) is 0 Å². The molecule has 5 nitrogen and oxygen atoms in total. The summed E-state index contributed by atoms with van der Waals surface area (Å²) in [6.45, 7) is 6.87. The van der Waals surface area contributed by atoms with Crippen molar-refractivity contribution in [3.8, 4) is 22.4 Å². The zero-order chi connectivity index (χ0) is 27.8. The molecule has 0 saturated heterocycles. The van der Waals surface area contributed by atoms with E-state index in [0.29, 0.717) is 0 Å². The fourth-order valence-electron chi connectivity index (χ4n) is 5.69. The molecule has 41 heavy (non-hydrogen) atoms. The van der Waals surface area contributed by atoms with Crippen LogP contribution in [0.5, 0.6) is 0 Å².